The smallest absolute Gasteiger partial charge is 0.322 e. The largest absolute Gasteiger partial charge is 0.376 e. The third-order valence-electron chi connectivity index (χ3n) is 3.39. The van der Waals surface area contributed by atoms with E-state index in [1.807, 2.05) is 35.2 Å². The highest BCUT2D eigenvalue weighted by Crippen LogP contribution is 2.37. The minimum absolute atomic E-state index is 0.0128. The number of hydrogen-bond acceptors (Lipinski definition) is 2. The number of anilines is 1. The lowest BCUT2D eigenvalue weighted by atomic mass is 9.83. The molecule has 84 valence electrons. The zero-order chi connectivity index (χ0) is 11.0. The van der Waals surface area contributed by atoms with Gasteiger partial charge in [-0.05, 0) is 18.6 Å². The third-order valence-corrected chi connectivity index (χ3v) is 3.39. The molecule has 0 unspecified atom stereocenters. The van der Waals surface area contributed by atoms with Crippen molar-refractivity contribution in [2.75, 3.05) is 25.1 Å². The van der Waals surface area contributed by atoms with Gasteiger partial charge in [-0.25, -0.2) is 4.79 Å². The number of nitrogens with one attached hydrogen (secondary N) is 1. The van der Waals surface area contributed by atoms with Gasteiger partial charge in [0.25, 0.3) is 0 Å². The highest BCUT2D eigenvalue weighted by molar-refractivity contribution is 5.90. The number of benzene rings is 1. The maximum Gasteiger partial charge on any atom is 0.322 e. The number of urea groups is 1. The number of amides is 2. The van der Waals surface area contributed by atoms with Gasteiger partial charge in [0, 0.05) is 12.2 Å². The molecule has 0 bridgehead atoms. The Kier molecular flexibility index (Phi) is 2.11. The summed E-state index contributed by atoms with van der Waals surface area (Å²) >= 11 is 0. The molecule has 0 aromatic heterocycles. The van der Waals surface area contributed by atoms with Crippen molar-refractivity contribution in [3.8, 4) is 0 Å². The molecule has 4 heteroatoms. The van der Waals surface area contributed by atoms with Crippen molar-refractivity contribution in [3.05, 3.63) is 30.3 Å². The van der Waals surface area contributed by atoms with E-state index in [0.717, 1.165) is 18.7 Å². The van der Waals surface area contributed by atoms with Gasteiger partial charge in [0.2, 0.25) is 0 Å². The normalized spacial score (nSPS) is 21.1. The minimum Gasteiger partial charge on any atom is -0.376 e. The number of para-hydroxylation sites is 1. The number of ether oxygens (including phenoxy) is 1. The van der Waals surface area contributed by atoms with Crippen LogP contribution >= 0.6 is 0 Å². The average molecular weight is 218 g/mol. The lowest BCUT2D eigenvalue weighted by Crippen LogP contribution is -2.72. The topological polar surface area (TPSA) is 41.6 Å². The number of rotatable bonds is 1. The molecule has 2 fully saturated rings. The molecule has 2 saturated heterocycles. The van der Waals surface area contributed by atoms with Crippen molar-refractivity contribution in [1.82, 2.24) is 4.90 Å². The van der Waals surface area contributed by atoms with Crippen molar-refractivity contribution in [2.45, 2.75) is 12.0 Å². The summed E-state index contributed by atoms with van der Waals surface area (Å²) in [5.74, 6) is 0. The van der Waals surface area contributed by atoms with Gasteiger partial charge in [0.15, 0.2) is 0 Å². The van der Waals surface area contributed by atoms with Crippen LogP contribution in [0.4, 0.5) is 10.5 Å². The van der Waals surface area contributed by atoms with Crippen LogP contribution in [0.25, 0.3) is 0 Å². The number of carbonyl (C=O) groups excluding carboxylic acids is 1. The number of likely N-dealkylation sites (tertiary alicyclic amines) is 1. The summed E-state index contributed by atoms with van der Waals surface area (Å²) in [6, 6.07) is 9.52. The maximum atomic E-state index is 12.0. The summed E-state index contributed by atoms with van der Waals surface area (Å²) < 4.78 is 5.19. The first-order valence-corrected chi connectivity index (χ1v) is 5.52. The highest BCUT2D eigenvalue weighted by atomic mass is 16.5. The van der Waals surface area contributed by atoms with Gasteiger partial charge in [0.1, 0.15) is 0 Å². The van der Waals surface area contributed by atoms with Crippen LogP contribution in [0.1, 0.15) is 6.42 Å². The van der Waals surface area contributed by atoms with Crippen molar-refractivity contribution < 1.29 is 9.53 Å². The molecule has 1 spiro atoms. The molecule has 1 N–H and O–H groups in total. The van der Waals surface area contributed by atoms with Crippen molar-refractivity contribution in [2.24, 2.45) is 0 Å². The fourth-order valence-corrected chi connectivity index (χ4v) is 2.21. The molecular formula is C12H14N2O2. The first-order chi connectivity index (χ1) is 7.80. The van der Waals surface area contributed by atoms with Gasteiger partial charge in [-0.15, -0.1) is 0 Å². The molecule has 1 aromatic rings. The summed E-state index contributed by atoms with van der Waals surface area (Å²) in [6.45, 7) is 2.21. The van der Waals surface area contributed by atoms with Crippen LogP contribution in [0.5, 0.6) is 0 Å². The van der Waals surface area contributed by atoms with Crippen LogP contribution < -0.4 is 5.32 Å². The predicted molar refractivity (Wildman–Crippen MR) is 60.3 cm³/mol. The Bertz CT molecular complexity index is 395. The SMILES string of the molecule is O=C(Nc1ccccc1)N1CCC12COC2. The molecule has 2 amide bonds. The van der Waals surface area contributed by atoms with Gasteiger partial charge >= 0.3 is 6.03 Å². The van der Waals surface area contributed by atoms with E-state index in [9.17, 15) is 4.79 Å². The van der Waals surface area contributed by atoms with E-state index < -0.39 is 0 Å². The van der Waals surface area contributed by atoms with Crippen molar-refractivity contribution >= 4 is 11.7 Å². The molecular weight excluding hydrogens is 204 g/mol. The molecule has 1 aromatic carbocycles. The monoisotopic (exact) mass is 218 g/mol. The fraction of sp³-hybridized carbons (Fsp3) is 0.417. The van der Waals surface area contributed by atoms with E-state index in [-0.39, 0.29) is 11.6 Å². The lowest BCUT2D eigenvalue weighted by molar-refractivity contribution is -0.168. The molecule has 0 aliphatic carbocycles. The van der Waals surface area contributed by atoms with Crippen molar-refractivity contribution in [3.63, 3.8) is 0 Å². The van der Waals surface area contributed by atoms with Crippen LogP contribution in [0, 0.1) is 0 Å². The molecule has 0 saturated carbocycles. The third kappa shape index (κ3) is 1.38. The summed E-state index contributed by atoms with van der Waals surface area (Å²) in [5.41, 5.74) is 0.855. The Balaban J connectivity index is 1.66. The van der Waals surface area contributed by atoms with Crippen LogP contribution in [-0.2, 0) is 4.74 Å². The molecule has 16 heavy (non-hydrogen) atoms. The first-order valence-electron chi connectivity index (χ1n) is 5.52. The van der Waals surface area contributed by atoms with Gasteiger partial charge in [-0.1, -0.05) is 18.2 Å². The van der Waals surface area contributed by atoms with E-state index in [0.29, 0.717) is 13.2 Å². The van der Waals surface area contributed by atoms with E-state index in [2.05, 4.69) is 5.32 Å². The second kappa shape index (κ2) is 3.49. The number of carbonyl (C=O) groups is 1. The van der Waals surface area contributed by atoms with Crippen LogP contribution in [0.3, 0.4) is 0 Å². The molecule has 2 heterocycles. The molecule has 0 radical (unpaired) electrons. The standard InChI is InChI=1S/C12H14N2O2/c15-11(13-10-4-2-1-3-5-10)14-7-6-12(14)8-16-9-12/h1-5H,6-9H2,(H,13,15). The van der Waals surface area contributed by atoms with E-state index in [1.54, 1.807) is 0 Å². The van der Waals surface area contributed by atoms with Crippen LogP contribution in [0.2, 0.25) is 0 Å². The van der Waals surface area contributed by atoms with Gasteiger partial charge < -0.3 is 15.0 Å². The Morgan fingerprint density at radius 1 is 1.31 bits per heavy atom. The van der Waals surface area contributed by atoms with Gasteiger partial charge in [0.05, 0.1) is 18.8 Å². The molecule has 3 rings (SSSR count). The zero-order valence-electron chi connectivity index (χ0n) is 8.98. The maximum absolute atomic E-state index is 12.0. The Labute approximate surface area is 94.2 Å². The second-order valence-electron chi connectivity index (χ2n) is 4.41. The van der Waals surface area contributed by atoms with Crippen molar-refractivity contribution in [1.29, 1.82) is 0 Å². The Morgan fingerprint density at radius 3 is 2.56 bits per heavy atom. The number of hydrogen-bond donors (Lipinski definition) is 1. The van der Waals surface area contributed by atoms with E-state index in [4.69, 9.17) is 4.74 Å². The predicted octanol–water partition coefficient (Wildman–Crippen LogP) is 1.69. The quantitative estimate of drug-likeness (QED) is 0.779. The van der Waals surface area contributed by atoms with E-state index in [1.165, 1.54) is 0 Å². The lowest BCUT2D eigenvalue weighted by Gasteiger charge is -2.57. The first kappa shape index (κ1) is 9.66. The second-order valence-corrected chi connectivity index (χ2v) is 4.41. The number of nitrogens with zero attached hydrogens (tertiary/aromatic N) is 1. The van der Waals surface area contributed by atoms with Crippen LogP contribution in [0.15, 0.2) is 30.3 Å². The Morgan fingerprint density at radius 2 is 2.06 bits per heavy atom. The highest BCUT2D eigenvalue weighted by Gasteiger charge is 2.53. The summed E-state index contributed by atoms with van der Waals surface area (Å²) in [5, 5.41) is 2.90. The Hall–Kier alpha value is -1.55. The summed E-state index contributed by atoms with van der Waals surface area (Å²) in [7, 11) is 0. The van der Waals surface area contributed by atoms with Gasteiger partial charge in [-0.3, -0.25) is 0 Å². The molecule has 2 aliphatic rings. The average Bonchev–Trinajstić information content (AvgIpc) is 2.14. The van der Waals surface area contributed by atoms with E-state index >= 15 is 0 Å². The minimum atomic E-state index is -0.0132. The van der Waals surface area contributed by atoms with Crippen LogP contribution in [-0.4, -0.2) is 36.2 Å². The fourth-order valence-electron chi connectivity index (χ4n) is 2.21. The van der Waals surface area contributed by atoms with Gasteiger partial charge in [-0.2, -0.15) is 0 Å². The molecule has 4 nitrogen and oxygen atoms in total. The zero-order valence-corrected chi connectivity index (χ0v) is 8.98. The molecule has 2 aliphatic heterocycles. The summed E-state index contributed by atoms with van der Waals surface area (Å²) in [4.78, 5) is 13.8. The summed E-state index contributed by atoms with van der Waals surface area (Å²) in [6.07, 6.45) is 1.06. The molecule has 0 atom stereocenters.